The SMILES string of the molecule is O=C(C=C[C@@H]1[C@H]2CC(=O)O[C@H]2C[C@H]1OP[B]P)CCc1ccccc1. The molecule has 1 aliphatic carbocycles. The zero-order chi connectivity index (χ0) is 17.6. The van der Waals surface area contributed by atoms with E-state index in [-0.39, 0.29) is 35.8 Å². The number of carbonyl (C=O) groups is 2. The minimum atomic E-state index is -0.137. The number of ketones is 1. The molecule has 1 aromatic rings. The molecule has 25 heavy (non-hydrogen) atoms. The van der Waals surface area contributed by atoms with Crippen LogP contribution in [-0.4, -0.2) is 30.7 Å². The first-order valence-corrected chi connectivity index (χ1v) is 10.2. The fourth-order valence-corrected chi connectivity index (χ4v) is 4.37. The lowest BCUT2D eigenvalue weighted by molar-refractivity contribution is -0.141. The number of hydrogen-bond acceptors (Lipinski definition) is 4. The van der Waals surface area contributed by atoms with Gasteiger partial charge >= 0.3 is 5.97 Å². The summed E-state index contributed by atoms with van der Waals surface area (Å²) in [5, 5.41) is 0. The van der Waals surface area contributed by atoms with E-state index in [4.69, 9.17) is 9.26 Å². The number of aryl methyl sites for hydroxylation is 1. The Bertz CT molecular complexity index is 637. The summed E-state index contributed by atoms with van der Waals surface area (Å²) in [5.41, 5.74) is 1.17. The summed E-state index contributed by atoms with van der Waals surface area (Å²) < 4.78 is 11.3. The standard InChI is InChI=1S/C18H22BO4P2/c20-13(7-6-12-4-2-1-3-5-12)8-9-14-15-10-18(21)22-16(15)11-17(14)23-25-19-24/h1-5,8-9,14-17,25H,6-7,10-11,24H2/t14-,15-,16+,17-/m1/s1. The van der Waals surface area contributed by atoms with Gasteiger partial charge in [-0.05, 0) is 26.7 Å². The lowest BCUT2D eigenvalue weighted by Gasteiger charge is -2.19. The van der Waals surface area contributed by atoms with Crippen LogP contribution in [-0.2, 0) is 25.3 Å². The Labute approximate surface area is 153 Å². The number of benzene rings is 1. The molecule has 0 aromatic heterocycles. The number of allylic oxidation sites excluding steroid dienone is 1. The molecule has 1 saturated heterocycles. The number of esters is 1. The Kier molecular flexibility index (Phi) is 6.81. The monoisotopic (exact) mass is 375 g/mol. The van der Waals surface area contributed by atoms with Crippen molar-refractivity contribution in [2.45, 2.75) is 37.9 Å². The fourth-order valence-electron chi connectivity index (χ4n) is 3.63. The Morgan fingerprint density at radius 2 is 2.20 bits per heavy atom. The molecule has 1 radical (unpaired) electrons. The van der Waals surface area contributed by atoms with Crippen molar-refractivity contribution in [3.63, 3.8) is 0 Å². The van der Waals surface area contributed by atoms with Crippen molar-refractivity contribution in [1.82, 2.24) is 0 Å². The van der Waals surface area contributed by atoms with Gasteiger partial charge in [0.1, 0.15) is 6.10 Å². The molecule has 7 heteroatoms. The molecule has 0 spiro atoms. The van der Waals surface area contributed by atoms with E-state index in [1.165, 1.54) is 5.56 Å². The molecule has 6 atom stereocenters. The van der Waals surface area contributed by atoms with E-state index in [1.807, 2.05) is 43.1 Å². The molecule has 1 aliphatic heterocycles. The van der Waals surface area contributed by atoms with Crippen LogP contribution in [0.1, 0.15) is 24.8 Å². The first-order chi connectivity index (χ1) is 12.2. The second kappa shape index (κ2) is 9.08. The van der Waals surface area contributed by atoms with Crippen molar-refractivity contribution in [3.05, 3.63) is 48.0 Å². The van der Waals surface area contributed by atoms with Crippen molar-refractivity contribution in [3.8, 4) is 0 Å². The Morgan fingerprint density at radius 3 is 2.96 bits per heavy atom. The second-order valence-electron chi connectivity index (χ2n) is 6.46. The zero-order valence-electron chi connectivity index (χ0n) is 14.0. The molecule has 4 nitrogen and oxygen atoms in total. The summed E-state index contributed by atoms with van der Waals surface area (Å²) in [6, 6.07) is 10.0. The van der Waals surface area contributed by atoms with E-state index in [1.54, 1.807) is 6.08 Å². The molecule has 0 amide bonds. The van der Waals surface area contributed by atoms with Gasteiger partial charge in [-0.15, -0.1) is 0 Å². The molecule has 0 N–H and O–H groups in total. The summed E-state index contributed by atoms with van der Waals surface area (Å²) in [7, 11) is 2.83. The summed E-state index contributed by atoms with van der Waals surface area (Å²) >= 11 is 0. The minimum absolute atomic E-state index is 0.0106. The van der Waals surface area contributed by atoms with Crippen LogP contribution in [0.5, 0.6) is 0 Å². The molecule has 131 valence electrons. The average Bonchev–Trinajstić information content (AvgIpc) is 3.13. The maximum atomic E-state index is 12.2. The third kappa shape index (κ3) is 5.00. The van der Waals surface area contributed by atoms with Gasteiger partial charge in [0.15, 0.2) is 5.78 Å². The highest BCUT2D eigenvalue weighted by molar-refractivity contribution is 7.92. The zero-order valence-corrected chi connectivity index (χ0v) is 16.1. The molecule has 2 aliphatic rings. The minimum Gasteiger partial charge on any atom is -0.462 e. The van der Waals surface area contributed by atoms with Crippen molar-refractivity contribution in [1.29, 1.82) is 0 Å². The maximum absolute atomic E-state index is 12.2. The third-order valence-electron chi connectivity index (χ3n) is 4.85. The van der Waals surface area contributed by atoms with Crippen LogP contribution in [0.2, 0.25) is 0 Å². The summed E-state index contributed by atoms with van der Waals surface area (Å²) in [5.74, 6) is 0.165. The predicted octanol–water partition coefficient (Wildman–Crippen LogP) is 3.08. The van der Waals surface area contributed by atoms with E-state index in [9.17, 15) is 9.59 Å². The van der Waals surface area contributed by atoms with Gasteiger partial charge in [-0.2, -0.15) is 9.12 Å². The number of rotatable bonds is 8. The average molecular weight is 375 g/mol. The molecule has 3 rings (SSSR count). The van der Waals surface area contributed by atoms with Crippen LogP contribution in [0, 0.1) is 11.8 Å². The first kappa shape index (κ1) is 18.8. The van der Waals surface area contributed by atoms with Gasteiger partial charge in [-0.1, -0.05) is 36.4 Å². The van der Waals surface area contributed by atoms with Crippen molar-refractivity contribution in [2.75, 3.05) is 0 Å². The number of hydrogen-bond donors (Lipinski definition) is 0. The Morgan fingerprint density at radius 1 is 1.40 bits per heavy atom. The highest BCUT2D eigenvalue weighted by Crippen LogP contribution is 2.45. The van der Waals surface area contributed by atoms with Gasteiger partial charge in [0.2, 0.25) is 6.72 Å². The quantitative estimate of drug-likeness (QED) is 0.303. The van der Waals surface area contributed by atoms with Crippen molar-refractivity contribution in [2.24, 2.45) is 11.8 Å². The highest BCUT2D eigenvalue weighted by atomic mass is 31.1. The topological polar surface area (TPSA) is 52.6 Å². The Balaban J connectivity index is 1.58. The van der Waals surface area contributed by atoms with E-state index >= 15 is 0 Å². The van der Waals surface area contributed by atoms with Gasteiger partial charge < -0.3 is 9.26 Å². The highest BCUT2D eigenvalue weighted by Gasteiger charge is 2.49. The van der Waals surface area contributed by atoms with Crippen LogP contribution < -0.4 is 0 Å². The number of fused-ring (bicyclic) bond motifs is 1. The van der Waals surface area contributed by atoms with E-state index in [2.05, 4.69) is 9.12 Å². The van der Waals surface area contributed by atoms with Gasteiger partial charge in [-0.3, -0.25) is 9.59 Å². The van der Waals surface area contributed by atoms with Crippen LogP contribution in [0.3, 0.4) is 0 Å². The normalized spacial score (nSPS) is 28.6. The Hall–Kier alpha value is -1.02. The molecule has 2 fully saturated rings. The molecular formula is C18H22BO4P2. The van der Waals surface area contributed by atoms with Gasteiger partial charge in [0.05, 0.1) is 12.5 Å². The second-order valence-corrected chi connectivity index (χ2v) is 8.27. The first-order valence-electron chi connectivity index (χ1n) is 8.56. The van der Waals surface area contributed by atoms with Crippen molar-refractivity contribution >= 4 is 36.3 Å². The predicted molar refractivity (Wildman–Crippen MR) is 104 cm³/mol. The van der Waals surface area contributed by atoms with Gasteiger partial charge in [-0.25, -0.2) is 0 Å². The van der Waals surface area contributed by atoms with Crippen LogP contribution in [0.15, 0.2) is 42.5 Å². The van der Waals surface area contributed by atoms with E-state index < -0.39 is 0 Å². The summed E-state index contributed by atoms with van der Waals surface area (Å²) in [6.07, 6.45) is 5.92. The molecule has 2 unspecified atom stereocenters. The largest absolute Gasteiger partial charge is 0.462 e. The van der Waals surface area contributed by atoms with Crippen molar-refractivity contribution < 1.29 is 18.8 Å². The van der Waals surface area contributed by atoms with Gasteiger partial charge in [0, 0.05) is 24.7 Å². The number of carbonyl (C=O) groups excluding carboxylic acids is 2. The molecule has 1 aromatic carbocycles. The van der Waals surface area contributed by atoms with E-state index in [0.29, 0.717) is 21.5 Å². The third-order valence-corrected chi connectivity index (χ3v) is 5.83. The van der Waals surface area contributed by atoms with Crippen LogP contribution in [0.4, 0.5) is 0 Å². The number of ether oxygens (including phenoxy) is 1. The van der Waals surface area contributed by atoms with Crippen LogP contribution in [0.25, 0.3) is 0 Å². The molecule has 1 heterocycles. The van der Waals surface area contributed by atoms with Crippen LogP contribution >= 0.6 is 17.8 Å². The molecular weight excluding hydrogens is 353 g/mol. The molecule has 0 bridgehead atoms. The lowest BCUT2D eigenvalue weighted by Crippen LogP contribution is -2.19. The van der Waals surface area contributed by atoms with Gasteiger partial charge in [0.25, 0.3) is 0 Å². The maximum Gasteiger partial charge on any atom is 0.306 e. The fraction of sp³-hybridized carbons (Fsp3) is 0.444. The lowest BCUT2D eigenvalue weighted by atomic mass is 9.91. The smallest absolute Gasteiger partial charge is 0.306 e. The summed E-state index contributed by atoms with van der Waals surface area (Å²) in [6.45, 7) is 1.91. The molecule has 1 saturated carbocycles. The summed E-state index contributed by atoms with van der Waals surface area (Å²) in [4.78, 5) is 23.8. The van der Waals surface area contributed by atoms with E-state index in [0.717, 1.165) is 12.8 Å².